The number of carbonyl (C=O) groups excluding carboxylic acids is 2. The molecule has 8 nitrogen and oxygen atoms in total. The van der Waals surface area contributed by atoms with Gasteiger partial charge in [-0.05, 0) is 62.8 Å². The van der Waals surface area contributed by atoms with Crippen LogP contribution in [0.1, 0.15) is 36.9 Å². The molecule has 2 amide bonds. The maximum Gasteiger partial charge on any atom is 0.240 e. The van der Waals surface area contributed by atoms with E-state index in [1.165, 1.54) is 0 Å². The zero-order chi connectivity index (χ0) is 23.0. The Bertz CT molecular complexity index is 1000. The van der Waals surface area contributed by atoms with Crippen molar-refractivity contribution in [2.24, 2.45) is 11.8 Å². The highest BCUT2D eigenvalue weighted by Crippen LogP contribution is 2.28. The monoisotopic (exact) mass is 458 g/mol. The summed E-state index contributed by atoms with van der Waals surface area (Å²) < 4.78 is 27.6. The first-order valence-electron chi connectivity index (χ1n) is 10.8. The van der Waals surface area contributed by atoms with Gasteiger partial charge >= 0.3 is 0 Å². The third kappa shape index (κ3) is 7.13. The van der Waals surface area contributed by atoms with E-state index in [2.05, 4.69) is 20.3 Å². The second kappa shape index (κ2) is 11.2. The summed E-state index contributed by atoms with van der Waals surface area (Å²) in [5.74, 6) is -0.343. The predicted octanol–water partition coefficient (Wildman–Crippen LogP) is 1.91. The van der Waals surface area contributed by atoms with Gasteiger partial charge in [0.1, 0.15) is 0 Å². The largest absolute Gasteiger partial charge is 0.349 e. The smallest absolute Gasteiger partial charge is 0.240 e. The van der Waals surface area contributed by atoms with E-state index in [0.717, 1.165) is 24.1 Å². The minimum absolute atomic E-state index is 0.0675. The van der Waals surface area contributed by atoms with E-state index in [4.69, 9.17) is 0 Å². The van der Waals surface area contributed by atoms with Gasteiger partial charge < -0.3 is 10.6 Å². The number of rotatable bonds is 9. The third-order valence-corrected chi connectivity index (χ3v) is 7.17. The molecule has 3 N–H and O–H groups in total. The first-order valence-corrected chi connectivity index (χ1v) is 12.3. The van der Waals surface area contributed by atoms with Crippen molar-refractivity contribution in [2.75, 3.05) is 13.1 Å². The highest BCUT2D eigenvalue weighted by Gasteiger charge is 2.27. The molecule has 3 rings (SSSR count). The molecular weight excluding hydrogens is 428 g/mol. The molecule has 1 heterocycles. The lowest BCUT2D eigenvalue weighted by Crippen LogP contribution is -2.41. The highest BCUT2D eigenvalue weighted by molar-refractivity contribution is 7.89. The van der Waals surface area contributed by atoms with Crippen molar-refractivity contribution in [3.05, 3.63) is 59.9 Å². The fraction of sp³-hybridized carbons (Fsp3) is 0.435. The van der Waals surface area contributed by atoms with Crippen LogP contribution in [0.4, 0.5) is 0 Å². The summed E-state index contributed by atoms with van der Waals surface area (Å²) >= 11 is 0. The van der Waals surface area contributed by atoms with Gasteiger partial charge in [0.25, 0.3) is 0 Å². The molecule has 1 fully saturated rings. The van der Waals surface area contributed by atoms with Crippen LogP contribution in [-0.4, -0.2) is 38.3 Å². The highest BCUT2D eigenvalue weighted by atomic mass is 32.2. The van der Waals surface area contributed by atoms with E-state index in [1.807, 2.05) is 19.1 Å². The van der Waals surface area contributed by atoms with Gasteiger partial charge in [0.05, 0.1) is 23.7 Å². The Kier molecular flexibility index (Phi) is 8.35. The lowest BCUT2D eigenvalue weighted by atomic mass is 9.81. The minimum atomic E-state index is -3.53. The number of nitrogens with one attached hydrogen (secondary N) is 3. The van der Waals surface area contributed by atoms with E-state index in [9.17, 15) is 18.0 Å². The zero-order valence-corrected chi connectivity index (χ0v) is 19.0. The number of aryl methyl sites for hydroxylation is 1. The zero-order valence-electron chi connectivity index (χ0n) is 18.2. The van der Waals surface area contributed by atoms with E-state index in [0.29, 0.717) is 25.9 Å². The van der Waals surface area contributed by atoms with Crippen LogP contribution in [0, 0.1) is 18.8 Å². The van der Waals surface area contributed by atoms with Gasteiger partial charge in [-0.1, -0.05) is 23.8 Å². The summed E-state index contributed by atoms with van der Waals surface area (Å²) in [6.07, 6.45) is 4.55. The molecule has 1 saturated carbocycles. The van der Waals surface area contributed by atoms with Gasteiger partial charge in [0, 0.05) is 18.7 Å². The van der Waals surface area contributed by atoms with Gasteiger partial charge in [-0.25, -0.2) is 13.1 Å². The van der Waals surface area contributed by atoms with Crippen LogP contribution in [0.25, 0.3) is 0 Å². The molecule has 1 aliphatic carbocycles. The number of pyridine rings is 1. The predicted molar refractivity (Wildman–Crippen MR) is 121 cm³/mol. The average molecular weight is 459 g/mol. The Morgan fingerprint density at radius 3 is 2.38 bits per heavy atom. The Hall–Kier alpha value is -2.78. The van der Waals surface area contributed by atoms with Crippen LogP contribution in [-0.2, 0) is 26.2 Å². The Morgan fingerprint density at radius 1 is 1.00 bits per heavy atom. The number of hydrogen-bond donors (Lipinski definition) is 3. The summed E-state index contributed by atoms with van der Waals surface area (Å²) in [6, 6.07) is 12.2. The second-order valence-corrected chi connectivity index (χ2v) is 9.97. The molecule has 0 atom stereocenters. The molecule has 0 radical (unpaired) electrons. The van der Waals surface area contributed by atoms with Crippen molar-refractivity contribution in [3.63, 3.8) is 0 Å². The molecule has 0 unspecified atom stereocenters. The Morgan fingerprint density at radius 2 is 1.72 bits per heavy atom. The second-order valence-electron chi connectivity index (χ2n) is 8.20. The lowest BCUT2D eigenvalue weighted by molar-refractivity contribution is -0.129. The number of hydrogen-bond acceptors (Lipinski definition) is 5. The van der Waals surface area contributed by atoms with Gasteiger partial charge in [0.2, 0.25) is 21.8 Å². The van der Waals surface area contributed by atoms with Crippen LogP contribution in [0.15, 0.2) is 53.6 Å². The minimum Gasteiger partial charge on any atom is -0.349 e. The molecule has 9 heteroatoms. The van der Waals surface area contributed by atoms with Gasteiger partial charge in [-0.2, -0.15) is 0 Å². The van der Waals surface area contributed by atoms with Crippen molar-refractivity contribution in [1.29, 1.82) is 0 Å². The molecule has 0 bridgehead atoms. The summed E-state index contributed by atoms with van der Waals surface area (Å²) in [6.45, 7) is 2.52. The van der Waals surface area contributed by atoms with Crippen LogP contribution in [0.5, 0.6) is 0 Å². The van der Waals surface area contributed by atoms with Crippen LogP contribution in [0.3, 0.4) is 0 Å². The number of nitrogens with zero attached hydrogens (tertiary/aromatic N) is 1. The third-order valence-electron chi connectivity index (χ3n) is 5.73. The first kappa shape index (κ1) is 23.9. The molecule has 2 aromatic rings. The fourth-order valence-corrected chi connectivity index (χ4v) is 4.84. The van der Waals surface area contributed by atoms with Crippen molar-refractivity contribution in [2.45, 2.75) is 44.0 Å². The van der Waals surface area contributed by atoms with E-state index < -0.39 is 10.0 Å². The molecular formula is C23H30N4O4S. The molecule has 1 aliphatic rings. The van der Waals surface area contributed by atoms with Crippen molar-refractivity contribution >= 4 is 21.8 Å². The molecule has 0 saturated heterocycles. The SMILES string of the molecule is Cc1ccc(S(=O)(=O)NCC2CCC(C(=O)NCC(=O)NCc3ccccn3)CC2)cc1. The van der Waals surface area contributed by atoms with Crippen molar-refractivity contribution in [1.82, 2.24) is 20.3 Å². The number of aromatic nitrogens is 1. The summed E-state index contributed by atoms with van der Waals surface area (Å²) in [5, 5.41) is 5.43. The molecule has 1 aromatic heterocycles. The summed E-state index contributed by atoms with van der Waals surface area (Å²) in [4.78, 5) is 28.7. The molecule has 32 heavy (non-hydrogen) atoms. The summed E-state index contributed by atoms with van der Waals surface area (Å²) in [7, 11) is -3.53. The van der Waals surface area contributed by atoms with Crippen molar-refractivity contribution < 1.29 is 18.0 Å². The fourth-order valence-electron chi connectivity index (χ4n) is 3.72. The standard InChI is InChI=1S/C23H30N4O4S/c1-17-5-11-21(12-6-17)32(30,31)27-14-18-7-9-19(10-8-18)23(29)26-16-22(28)25-15-20-4-2-3-13-24-20/h2-6,11-13,18-19,27H,7-10,14-16H2,1H3,(H,25,28)(H,26,29). The average Bonchev–Trinajstić information content (AvgIpc) is 2.81. The lowest BCUT2D eigenvalue weighted by Gasteiger charge is -2.27. The maximum absolute atomic E-state index is 12.4. The maximum atomic E-state index is 12.4. The van der Waals surface area contributed by atoms with Crippen molar-refractivity contribution in [3.8, 4) is 0 Å². The molecule has 172 valence electrons. The van der Waals surface area contributed by atoms with Gasteiger partial charge in [0.15, 0.2) is 0 Å². The number of sulfonamides is 1. The Balaban J connectivity index is 1.35. The molecule has 1 aromatic carbocycles. The molecule has 0 aliphatic heterocycles. The van der Waals surface area contributed by atoms with Crippen LogP contribution < -0.4 is 15.4 Å². The van der Waals surface area contributed by atoms with E-state index >= 15 is 0 Å². The number of amides is 2. The van der Waals surface area contributed by atoms with Gasteiger partial charge in [-0.15, -0.1) is 0 Å². The molecule has 0 spiro atoms. The number of benzene rings is 1. The van der Waals surface area contributed by atoms with E-state index in [-0.39, 0.29) is 35.1 Å². The quantitative estimate of drug-likeness (QED) is 0.531. The first-order chi connectivity index (χ1) is 15.3. The topological polar surface area (TPSA) is 117 Å². The Labute approximate surface area is 189 Å². The normalized spacial score (nSPS) is 18.7. The van der Waals surface area contributed by atoms with Gasteiger partial charge in [-0.3, -0.25) is 14.6 Å². The van der Waals surface area contributed by atoms with Crippen LogP contribution >= 0.6 is 0 Å². The van der Waals surface area contributed by atoms with E-state index in [1.54, 1.807) is 36.5 Å². The van der Waals surface area contributed by atoms with Crippen LogP contribution in [0.2, 0.25) is 0 Å². The summed E-state index contributed by atoms with van der Waals surface area (Å²) in [5.41, 5.74) is 1.76. The number of carbonyl (C=O) groups is 2.